The molecule has 2 amide bonds. The first kappa shape index (κ1) is 17.2. The number of carbonyl (C=O) groups is 1. The number of nitro benzene ring substituents is 1. The predicted molar refractivity (Wildman–Crippen MR) is 89.9 cm³/mol. The minimum atomic E-state index is -0.409. The molecule has 1 N–H and O–H groups in total. The quantitative estimate of drug-likeness (QED) is 0.645. The summed E-state index contributed by atoms with van der Waals surface area (Å²) in [6.07, 6.45) is 1.72. The first-order valence-electron chi connectivity index (χ1n) is 7.97. The minimum Gasteiger partial charge on any atom is -0.336 e. The number of nitro groups is 1. The van der Waals surface area contributed by atoms with Crippen LogP contribution in [0.4, 0.5) is 16.2 Å². The molecule has 7 nitrogen and oxygen atoms in total. The van der Waals surface area contributed by atoms with Crippen molar-refractivity contribution in [3.63, 3.8) is 0 Å². The van der Waals surface area contributed by atoms with Crippen LogP contribution < -0.4 is 10.2 Å². The second-order valence-electron chi connectivity index (χ2n) is 5.94. The molecule has 23 heavy (non-hydrogen) atoms. The summed E-state index contributed by atoms with van der Waals surface area (Å²) in [5.74, 6) is 0. The Morgan fingerprint density at radius 3 is 2.91 bits per heavy atom. The molecular formula is C16H24N4O3. The van der Waals surface area contributed by atoms with Gasteiger partial charge in [0.2, 0.25) is 0 Å². The van der Waals surface area contributed by atoms with Gasteiger partial charge in [-0.15, -0.1) is 0 Å². The third-order valence-corrected chi connectivity index (χ3v) is 4.50. The van der Waals surface area contributed by atoms with Gasteiger partial charge in [-0.2, -0.15) is 0 Å². The molecule has 1 heterocycles. The lowest BCUT2D eigenvalue weighted by Gasteiger charge is -2.24. The third kappa shape index (κ3) is 3.98. The molecule has 0 saturated carbocycles. The van der Waals surface area contributed by atoms with Gasteiger partial charge in [0.15, 0.2) is 0 Å². The molecule has 0 radical (unpaired) electrons. The molecule has 1 unspecified atom stereocenters. The van der Waals surface area contributed by atoms with Crippen molar-refractivity contribution in [1.29, 1.82) is 0 Å². The molecule has 0 bridgehead atoms. The molecule has 0 fully saturated rings. The Morgan fingerprint density at radius 2 is 2.26 bits per heavy atom. The molecular weight excluding hydrogens is 296 g/mol. The fraction of sp³-hybridized carbons (Fsp3) is 0.562. The van der Waals surface area contributed by atoms with E-state index in [9.17, 15) is 14.9 Å². The fourth-order valence-electron chi connectivity index (χ4n) is 2.68. The minimum absolute atomic E-state index is 0.0705. The van der Waals surface area contributed by atoms with E-state index in [1.54, 1.807) is 17.0 Å². The fourth-order valence-corrected chi connectivity index (χ4v) is 2.68. The number of fused-ring (bicyclic) bond motifs is 1. The molecule has 1 aromatic carbocycles. The van der Waals surface area contributed by atoms with E-state index in [4.69, 9.17) is 0 Å². The summed E-state index contributed by atoms with van der Waals surface area (Å²) >= 11 is 0. The Kier molecular flexibility index (Phi) is 5.54. The van der Waals surface area contributed by atoms with Crippen LogP contribution in [-0.4, -0.2) is 48.6 Å². The number of likely N-dealkylation sites (N-methyl/N-ethyl adjacent to an activating group) is 1. The number of carbonyl (C=O) groups excluding carboxylic acids is 1. The summed E-state index contributed by atoms with van der Waals surface area (Å²) in [6, 6.07) is 5.00. The van der Waals surface area contributed by atoms with Crippen molar-refractivity contribution in [3.05, 3.63) is 33.9 Å². The molecule has 7 heteroatoms. The summed E-state index contributed by atoms with van der Waals surface area (Å²) in [5, 5.41) is 13.7. The van der Waals surface area contributed by atoms with Crippen molar-refractivity contribution < 1.29 is 9.72 Å². The first-order chi connectivity index (χ1) is 10.9. The Labute approximate surface area is 136 Å². The highest BCUT2D eigenvalue weighted by atomic mass is 16.6. The summed E-state index contributed by atoms with van der Waals surface area (Å²) < 4.78 is 0. The SMILES string of the molecule is CCC(C)N(C)CCNC(=O)N1CCc2cc([N+](=O)[O-])ccc21. The smallest absolute Gasteiger partial charge is 0.321 e. The second kappa shape index (κ2) is 7.41. The van der Waals surface area contributed by atoms with E-state index < -0.39 is 4.92 Å². The summed E-state index contributed by atoms with van der Waals surface area (Å²) in [7, 11) is 2.05. The van der Waals surface area contributed by atoms with Gasteiger partial charge in [-0.3, -0.25) is 15.0 Å². The molecule has 1 aliphatic rings. The van der Waals surface area contributed by atoms with Crippen LogP contribution in [0.2, 0.25) is 0 Å². The zero-order valence-corrected chi connectivity index (χ0v) is 13.9. The summed E-state index contributed by atoms with van der Waals surface area (Å²) in [5.41, 5.74) is 1.69. The van der Waals surface area contributed by atoms with Crippen molar-refractivity contribution >= 4 is 17.4 Å². The highest BCUT2D eigenvalue weighted by molar-refractivity contribution is 5.94. The van der Waals surface area contributed by atoms with E-state index in [-0.39, 0.29) is 11.7 Å². The second-order valence-corrected chi connectivity index (χ2v) is 5.94. The summed E-state index contributed by atoms with van der Waals surface area (Å²) in [4.78, 5) is 26.6. The maximum absolute atomic E-state index is 12.3. The lowest BCUT2D eigenvalue weighted by molar-refractivity contribution is -0.384. The van der Waals surface area contributed by atoms with Crippen LogP contribution in [0.25, 0.3) is 0 Å². The number of nitrogens with one attached hydrogen (secondary N) is 1. The number of hydrogen-bond acceptors (Lipinski definition) is 4. The van der Waals surface area contributed by atoms with E-state index in [2.05, 4.69) is 24.1 Å². The van der Waals surface area contributed by atoms with E-state index in [0.29, 0.717) is 25.6 Å². The van der Waals surface area contributed by atoms with Gasteiger partial charge in [0.25, 0.3) is 5.69 Å². The highest BCUT2D eigenvalue weighted by Gasteiger charge is 2.26. The van der Waals surface area contributed by atoms with Crippen molar-refractivity contribution in [2.75, 3.05) is 31.6 Å². The van der Waals surface area contributed by atoms with Crippen LogP contribution in [0.15, 0.2) is 18.2 Å². The topological polar surface area (TPSA) is 78.7 Å². The number of non-ortho nitro benzene ring substituents is 1. The van der Waals surface area contributed by atoms with Crippen LogP contribution in [-0.2, 0) is 6.42 Å². The first-order valence-corrected chi connectivity index (χ1v) is 7.97. The molecule has 126 valence electrons. The van der Waals surface area contributed by atoms with E-state index in [1.807, 2.05) is 7.05 Å². The average molecular weight is 320 g/mol. The Hall–Kier alpha value is -2.15. The Bertz CT molecular complexity index is 591. The number of anilines is 1. The van der Waals surface area contributed by atoms with Crippen LogP contribution in [0.3, 0.4) is 0 Å². The van der Waals surface area contributed by atoms with Gasteiger partial charge in [0, 0.05) is 43.5 Å². The third-order valence-electron chi connectivity index (χ3n) is 4.50. The highest BCUT2D eigenvalue weighted by Crippen LogP contribution is 2.31. The van der Waals surface area contributed by atoms with Crippen LogP contribution in [0.1, 0.15) is 25.8 Å². The molecule has 0 aromatic heterocycles. The van der Waals surface area contributed by atoms with Crippen molar-refractivity contribution in [1.82, 2.24) is 10.2 Å². The normalized spacial score (nSPS) is 14.7. The van der Waals surface area contributed by atoms with Gasteiger partial charge in [-0.1, -0.05) is 6.92 Å². The average Bonchev–Trinajstić information content (AvgIpc) is 2.96. The summed E-state index contributed by atoms with van der Waals surface area (Å²) in [6.45, 7) is 6.23. The number of urea groups is 1. The van der Waals surface area contributed by atoms with E-state index in [1.165, 1.54) is 6.07 Å². The molecule has 0 aliphatic carbocycles. The lowest BCUT2D eigenvalue weighted by atomic mass is 10.1. The monoisotopic (exact) mass is 320 g/mol. The van der Waals surface area contributed by atoms with Crippen molar-refractivity contribution in [2.45, 2.75) is 32.7 Å². The van der Waals surface area contributed by atoms with Gasteiger partial charge < -0.3 is 10.2 Å². The molecule has 1 atom stereocenters. The lowest BCUT2D eigenvalue weighted by Crippen LogP contribution is -2.43. The van der Waals surface area contributed by atoms with Gasteiger partial charge >= 0.3 is 6.03 Å². The van der Waals surface area contributed by atoms with Crippen molar-refractivity contribution in [2.24, 2.45) is 0 Å². The van der Waals surface area contributed by atoms with Crippen LogP contribution >= 0.6 is 0 Å². The molecule has 2 rings (SSSR count). The Balaban J connectivity index is 1.92. The zero-order chi connectivity index (χ0) is 17.0. The van der Waals surface area contributed by atoms with E-state index >= 15 is 0 Å². The predicted octanol–water partition coefficient (Wildman–Crippen LogP) is 2.40. The van der Waals surface area contributed by atoms with Crippen LogP contribution in [0.5, 0.6) is 0 Å². The maximum Gasteiger partial charge on any atom is 0.321 e. The van der Waals surface area contributed by atoms with Gasteiger partial charge in [0.05, 0.1) is 4.92 Å². The number of nitrogens with zero attached hydrogens (tertiary/aromatic N) is 3. The van der Waals surface area contributed by atoms with E-state index in [0.717, 1.165) is 24.2 Å². The largest absolute Gasteiger partial charge is 0.336 e. The van der Waals surface area contributed by atoms with Crippen molar-refractivity contribution in [3.8, 4) is 0 Å². The standard InChI is InChI=1S/C16H24N4O3/c1-4-12(2)18(3)10-8-17-16(21)19-9-7-13-11-14(20(22)23)5-6-15(13)19/h5-6,11-12H,4,7-10H2,1-3H3,(H,17,21). The number of hydrogen-bond donors (Lipinski definition) is 1. The van der Waals surface area contributed by atoms with Crippen LogP contribution in [0, 0.1) is 10.1 Å². The molecule has 0 saturated heterocycles. The number of rotatable bonds is 6. The number of benzene rings is 1. The Morgan fingerprint density at radius 1 is 1.52 bits per heavy atom. The van der Waals surface area contributed by atoms with Gasteiger partial charge in [-0.25, -0.2) is 4.79 Å². The molecule has 1 aliphatic heterocycles. The molecule has 0 spiro atoms. The maximum atomic E-state index is 12.3. The van der Waals surface area contributed by atoms with Gasteiger partial charge in [0.1, 0.15) is 0 Å². The molecule has 1 aromatic rings. The van der Waals surface area contributed by atoms with Gasteiger partial charge in [-0.05, 0) is 38.4 Å². The zero-order valence-electron chi connectivity index (χ0n) is 13.9. The number of amides is 2.